The van der Waals surface area contributed by atoms with Gasteiger partial charge in [-0.3, -0.25) is 9.48 Å². The summed E-state index contributed by atoms with van der Waals surface area (Å²) in [6.07, 6.45) is 4.43. The van der Waals surface area contributed by atoms with E-state index in [1.54, 1.807) is 16.0 Å². The molecule has 0 radical (unpaired) electrons. The number of hydrogen-bond acceptors (Lipinski definition) is 6. The van der Waals surface area contributed by atoms with Crippen molar-refractivity contribution in [2.24, 2.45) is 7.05 Å². The van der Waals surface area contributed by atoms with Crippen molar-refractivity contribution in [3.05, 3.63) is 58.4 Å². The van der Waals surface area contributed by atoms with Crippen LogP contribution in [0.5, 0.6) is 0 Å². The van der Waals surface area contributed by atoms with Gasteiger partial charge in [0.15, 0.2) is 0 Å². The molecule has 0 saturated carbocycles. The van der Waals surface area contributed by atoms with Crippen LogP contribution in [0.2, 0.25) is 5.02 Å². The Balaban J connectivity index is 1.47. The second-order valence-corrected chi connectivity index (χ2v) is 9.30. The summed E-state index contributed by atoms with van der Waals surface area (Å²) < 4.78 is 20.4. The highest BCUT2D eigenvalue weighted by Gasteiger charge is 2.33. The molecule has 1 aliphatic heterocycles. The number of amides is 1. The summed E-state index contributed by atoms with van der Waals surface area (Å²) in [5, 5.41) is 7.04. The Bertz CT molecular complexity index is 1040. The minimum Gasteiger partial charge on any atom is -0.325 e. The number of nitrogens with zero attached hydrogens (tertiary/aromatic N) is 3. The molecule has 2 N–H and O–H groups in total. The SMILES string of the molecule is CN1SNC(c2ccc(-c3cnn(C)c3)s2)CC1C(=O)Nc1ccc(F)c(Cl)c1. The summed E-state index contributed by atoms with van der Waals surface area (Å²) in [6.45, 7) is 0. The van der Waals surface area contributed by atoms with Gasteiger partial charge in [0.1, 0.15) is 11.9 Å². The number of rotatable bonds is 4. The number of hydrogen-bond donors (Lipinski definition) is 2. The van der Waals surface area contributed by atoms with Crippen LogP contribution < -0.4 is 10.0 Å². The van der Waals surface area contributed by atoms with Crippen LogP contribution in [0.15, 0.2) is 42.7 Å². The predicted molar refractivity (Wildman–Crippen MR) is 116 cm³/mol. The lowest BCUT2D eigenvalue weighted by molar-refractivity contribution is -0.119. The van der Waals surface area contributed by atoms with E-state index in [-0.39, 0.29) is 23.0 Å². The Morgan fingerprint density at radius 3 is 2.90 bits per heavy atom. The van der Waals surface area contributed by atoms with E-state index >= 15 is 0 Å². The fraction of sp³-hybridized carbons (Fsp3) is 0.263. The van der Waals surface area contributed by atoms with Gasteiger partial charge < -0.3 is 5.32 Å². The smallest absolute Gasteiger partial charge is 0.242 e. The summed E-state index contributed by atoms with van der Waals surface area (Å²) in [7, 11) is 3.76. The lowest BCUT2D eigenvalue weighted by atomic mass is 10.1. The van der Waals surface area contributed by atoms with Gasteiger partial charge in [0, 0.05) is 46.4 Å². The molecule has 3 heterocycles. The Kier molecular flexibility index (Phi) is 5.93. The molecule has 29 heavy (non-hydrogen) atoms. The Morgan fingerprint density at radius 1 is 1.34 bits per heavy atom. The highest BCUT2D eigenvalue weighted by molar-refractivity contribution is 7.95. The molecule has 152 valence electrons. The van der Waals surface area contributed by atoms with Crippen LogP contribution in [0.4, 0.5) is 10.1 Å². The van der Waals surface area contributed by atoms with Crippen molar-refractivity contribution in [1.29, 1.82) is 0 Å². The van der Waals surface area contributed by atoms with Gasteiger partial charge >= 0.3 is 0 Å². The van der Waals surface area contributed by atoms with E-state index in [0.29, 0.717) is 12.1 Å². The maximum Gasteiger partial charge on any atom is 0.242 e. The molecule has 10 heteroatoms. The predicted octanol–water partition coefficient (Wildman–Crippen LogP) is 4.48. The molecule has 2 aromatic heterocycles. The number of carbonyl (C=O) groups is 1. The van der Waals surface area contributed by atoms with Crippen LogP contribution in [0.25, 0.3) is 10.4 Å². The molecule has 1 fully saturated rings. The maximum absolute atomic E-state index is 13.3. The zero-order valence-electron chi connectivity index (χ0n) is 15.7. The van der Waals surface area contributed by atoms with Crippen molar-refractivity contribution in [3.8, 4) is 10.4 Å². The second kappa shape index (κ2) is 8.45. The summed E-state index contributed by atoms with van der Waals surface area (Å²) in [6, 6.07) is 8.03. The van der Waals surface area contributed by atoms with Gasteiger partial charge in [-0.05, 0) is 43.8 Å². The lowest BCUT2D eigenvalue weighted by Crippen LogP contribution is -2.45. The fourth-order valence-electron chi connectivity index (χ4n) is 3.12. The number of benzene rings is 1. The van der Waals surface area contributed by atoms with E-state index in [1.165, 1.54) is 30.3 Å². The first-order valence-corrected chi connectivity index (χ1v) is 10.9. The fourth-order valence-corrected chi connectivity index (χ4v) is 5.25. The molecule has 1 amide bonds. The van der Waals surface area contributed by atoms with Crippen molar-refractivity contribution in [3.63, 3.8) is 0 Å². The van der Waals surface area contributed by atoms with Crippen LogP contribution in [0, 0.1) is 5.82 Å². The number of likely N-dealkylation sites (N-methyl/N-ethyl adjacent to an activating group) is 1. The molecule has 2 unspecified atom stereocenters. The Morgan fingerprint density at radius 2 is 2.17 bits per heavy atom. The third-order valence-electron chi connectivity index (χ3n) is 4.69. The molecule has 3 aromatic rings. The van der Waals surface area contributed by atoms with E-state index < -0.39 is 5.82 Å². The first-order valence-electron chi connectivity index (χ1n) is 8.90. The number of halogens is 2. The van der Waals surface area contributed by atoms with Crippen LogP contribution >= 0.6 is 35.1 Å². The minimum absolute atomic E-state index is 0.0183. The van der Waals surface area contributed by atoms with Crippen molar-refractivity contribution >= 4 is 46.7 Å². The van der Waals surface area contributed by atoms with Gasteiger partial charge in [-0.1, -0.05) is 11.6 Å². The molecular weight excluding hydrogens is 433 g/mol. The van der Waals surface area contributed by atoms with Crippen molar-refractivity contribution in [1.82, 2.24) is 18.8 Å². The number of aromatic nitrogens is 2. The number of aryl methyl sites for hydroxylation is 1. The average molecular weight is 452 g/mol. The van der Waals surface area contributed by atoms with Crippen LogP contribution in [0.3, 0.4) is 0 Å². The molecular formula is C19H19ClFN5OS2. The van der Waals surface area contributed by atoms with E-state index in [2.05, 4.69) is 27.3 Å². The topological polar surface area (TPSA) is 62.2 Å². The zero-order valence-corrected chi connectivity index (χ0v) is 18.1. The Hall–Kier alpha value is -1.91. The molecule has 6 nitrogen and oxygen atoms in total. The molecule has 1 aromatic carbocycles. The quantitative estimate of drug-likeness (QED) is 0.573. The molecule has 0 aliphatic carbocycles. The minimum atomic E-state index is -0.513. The van der Waals surface area contributed by atoms with Gasteiger partial charge in [0.05, 0.1) is 17.3 Å². The number of carbonyl (C=O) groups excluding carboxylic acids is 1. The third-order valence-corrected chi connectivity index (χ3v) is 7.16. The van der Waals surface area contributed by atoms with Gasteiger partial charge in [0.2, 0.25) is 5.91 Å². The molecule has 4 rings (SSSR count). The van der Waals surface area contributed by atoms with E-state index in [0.717, 1.165) is 15.3 Å². The van der Waals surface area contributed by atoms with Crippen LogP contribution in [-0.4, -0.2) is 33.1 Å². The highest BCUT2D eigenvalue weighted by Crippen LogP contribution is 2.37. The molecule has 1 aliphatic rings. The average Bonchev–Trinajstić information content (AvgIpc) is 3.34. The maximum atomic E-state index is 13.3. The van der Waals surface area contributed by atoms with Crippen molar-refractivity contribution in [2.45, 2.75) is 18.5 Å². The molecule has 0 bridgehead atoms. The molecule has 2 atom stereocenters. The third kappa shape index (κ3) is 4.49. The monoisotopic (exact) mass is 451 g/mol. The summed E-state index contributed by atoms with van der Waals surface area (Å²) in [5.74, 6) is -0.667. The van der Waals surface area contributed by atoms with E-state index in [9.17, 15) is 9.18 Å². The number of thiophene rings is 1. The standard InChI is InChI=1S/C19H19ClFN5OS2/c1-25-10-11(9-22-25)17-5-6-18(28-17)15-8-16(26(2)29-24-15)19(27)23-12-3-4-14(21)13(20)7-12/h3-7,9-10,15-16,24H,8H2,1-2H3,(H,23,27). The highest BCUT2D eigenvalue weighted by atomic mass is 35.5. The first-order chi connectivity index (χ1) is 13.9. The number of nitrogens with one attached hydrogen (secondary N) is 2. The lowest BCUT2D eigenvalue weighted by Gasteiger charge is -2.35. The van der Waals surface area contributed by atoms with Crippen LogP contribution in [-0.2, 0) is 11.8 Å². The van der Waals surface area contributed by atoms with Gasteiger partial charge in [-0.25, -0.2) is 13.4 Å². The summed E-state index contributed by atoms with van der Waals surface area (Å²) in [4.78, 5) is 15.1. The van der Waals surface area contributed by atoms with E-state index in [4.69, 9.17) is 11.6 Å². The van der Waals surface area contributed by atoms with E-state index in [1.807, 2.05) is 30.8 Å². The summed E-state index contributed by atoms with van der Waals surface area (Å²) >= 11 is 8.91. The second-order valence-electron chi connectivity index (χ2n) is 6.78. The number of anilines is 1. The Labute approximate surface area is 181 Å². The normalized spacial score (nSPS) is 20.0. The zero-order chi connectivity index (χ0) is 20.5. The summed E-state index contributed by atoms with van der Waals surface area (Å²) in [5.41, 5.74) is 1.55. The van der Waals surface area contributed by atoms with Gasteiger partial charge in [-0.15, -0.1) is 11.3 Å². The van der Waals surface area contributed by atoms with Gasteiger partial charge in [-0.2, -0.15) is 5.10 Å². The largest absolute Gasteiger partial charge is 0.325 e. The van der Waals surface area contributed by atoms with Crippen LogP contribution in [0.1, 0.15) is 17.3 Å². The molecule has 0 spiro atoms. The van der Waals surface area contributed by atoms with Gasteiger partial charge in [0.25, 0.3) is 0 Å². The molecule has 1 saturated heterocycles. The van der Waals surface area contributed by atoms with Crippen molar-refractivity contribution < 1.29 is 9.18 Å². The first kappa shape index (κ1) is 20.4. The van der Waals surface area contributed by atoms with Crippen molar-refractivity contribution in [2.75, 3.05) is 12.4 Å².